The lowest BCUT2D eigenvalue weighted by Crippen LogP contribution is -2.40. The van der Waals surface area contributed by atoms with Crippen molar-refractivity contribution in [2.75, 3.05) is 19.6 Å². The summed E-state index contributed by atoms with van der Waals surface area (Å²) in [4.78, 5) is 0.443. The highest BCUT2D eigenvalue weighted by Crippen LogP contribution is 2.26. The van der Waals surface area contributed by atoms with Crippen LogP contribution in [-0.4, -0.2) is 32.4 Å². The van der Waals surface area contributed by atoms with Crippen molar-refractivity contribution in [3.05, 3.63) is 29.3 Å². The molecule has 4 nitrogen and oxygen atoms in total. The number of aryl methyl sites for hydroxylation is 1. The van der Waals surface area contributed by atoms with Crippen molar-refractivity contribution in [2.24, 2.45) is 11.7 Å². The minimum Gasteiger partial charge on any atom is -0.330 e. The number of hydrogen-bond acceptors (Lipinski definition) is 3. The highest BCUT2D eigenvalue weighted by molar-refractivity contribution is 7.89. The minimum absolute atomic E-state index is 0.443. The highest BCUT2D eigenvalue weighted by atomic mass is 32.2. The zero-order valence-corrected chi connectivity index (χ0v) is 12.4. The lowest BCUT2D eigenvalue weighted by Gasteiger charge is -2.31. The second kappa shape index (κ2) is 5.61. The van der Waals surface area contributed by atoms with E-state index in [2.05, 4.69) is 0 Å². The third kappa shape index (κ3) is 2.83. The van der Waals surface area contributed by atoms with Crippen LogP contribution in [-0.2, 0) is 10.0 Å². The molecule has 0 saturated carbocycles. The predicted molar refractivity (Wildman–Crippen MR) is 76.5 cm³/mol. The molecule has 0 atom stereocenters. The SMILES string of the molecule is Cc1cccc(S(=O)(=O)N2CCC(CN)CC2)c1C. The van der Waals surface area contributed by atoms with Crippen molar-refractivity contribution in [3.63, 3.8) is 0 Å². The normalized spacial score (nSPS) is 18.7. The lowest BCUT2D eigenvalue weighted by molar-refractivity contribution is 0.278. The molecule has 0 spiro atoms. The molecular formula is C14H22N2O2S. The van der Waals surface area contributed by atoms with Crippen molar-refractivity contribution < 1.29 is 8.42 Å². The topological polar surface area (TPSA) is 63.4 Å². The maximum Gasteiger partial charge on any atom is 0.243 e. The van der Waals surface area contributed by atoms with E-state index in [1.165, 1.54) is 0 Å². The van der Waals surface area contributed by atoms with Gasteiger partial charge in [0.25, 0.3) is 0 Å². The first kappa shape index (κ1) is 14.5. The molecule has 2 rings (SSSR count). The Morgan fingerprint density at radius 1 is 1.26 bits per heavy atom. The summed E-state index contributed by atoms with van der Waals surface area (Å²) in [6.07, 6.45) is 1.72. The standard InChI is InChI=1S/C14H22N2O2S/c1-11-4-3-5-14(12(11)2)19(17,18)16-8-6-13(10-15)7-9-16/h3-5,13H,6-10,15H2,1-2H3. The van der Waals surface area contributed by atoms with E-state index in [0.29, 0.717) is 30.4 Å². The molecule has 1 aromatic rings. The van der Waals surface area contributed by atoms with Crippen molar-refractivity contribution >= 4 is 10.0 Å². The summed E-state index contributed by atoms with van der Waals surface area (Å²) >= 11 is 0. The highest BCUT2D eigenvalue weighted by Gasteiger charge is 2.30. The van der Waals surface area contributed by atoms with Crippen LogP contribution in [0.1, 0.15) is 24.0 Å². The second-order valence-corrected chi connectivity index (χ2v) is 7.19. The van der Waals surface area contributed by atoms with Gasteiger partial charge in [-0.15, -0.1) is 0 Å². The Balaban J connectivity index is 2.26. The van der Waals surface area contributed by atoms with Crippen LogP contribution >= 0.6 is 0 Å². The largest absolute Gasteiger partial charge is 0.330 e. The number of benzene rings is 1. The van der Waals surface area contributed by atoms with Crippen LogP contribution in [0.3, 0.4) is 0 Å². The fraction of sp³-hybridized carbons (Fsp3) is 0.571. The van der Waals surface area contributed by atoms with Crippen LogP contribution in [0.5, 0.6) is 0 Å². The third-order valence-corrected chi connectivity index (χ3v) is 6.12. The summed E-state index contributed by atoms with van der Waals surface area (Å²) in [7, 11) is -3.35. The molecule has 0 amide bonds. The fourth-order valence-electron chi connectivity index (χ4n) is 2.53. The van der Waals surface area contributed by atoms with Crippen LogP contribution in [0.25, 0.3) is 0 Å². The summed E-state index contributed by atoms with van der Waals surface area (Å²) in [5, 5.41) is 0. The van der Waals surface area contributed by atoms with Crippen LogP contribution in [0.2, 0.25) is 0 Å². The summed E-state index contributed by atoms with van der Waals surface area (Å²) in [5.74, 6) is 0.463. The molecule has 106 valence electrons. The van der Waals surface area contributed by atoms with Gasteiger partial charge in [0.15, 0.2) is 0 Å². The molecule has 1 fully saturated rings. The van der Waals surface area contributed by atoms with Crippen LogP contribution in [0, 0.1) is 19.8 Å². The number of hydrogen-bond donors (Lipinski definition) is 1. The van der Waals surface area contributed by atoms with Crippen molar-refractivity contribution in [1.29, 1.82) is 0 Å². The molecule has 1 saturated heterocycles. The molecule has 0 unspecified atom stereocenters. The molecule has 0 bridgehead atoms. The van der Waals surface area contributed by atoms with E-state index >= 15 is 0 Å². The molecule has 1 aliphatic heterocycles. The van der Waals surface area contributed by atoms with Gasteiger partial charge >= 0.3 is 0 Å². The number of nitrogens with two attached hydrogens (primary N) is 1. The zero-order chi connectivity index (χ0) is 14.0. The van der Waals surface area contributed by atoms with Gasteiger partial charge in [-0.05, 0) is 56.3 Å². The Hall–Kier alpha value is -0.910. The summed E-state index contributed by atoms with van der Waals surface area (Å²) < 4.78 is 26.9. The Kier molecular flexibility index (Phi) is 4.28. The van der Waals surface area contributed by atoms with E-state index in [1.807, 2.05) is 26.0 Å². The third-order valence-electron chi connectivity index (χ3n) is 4.08. The Morgan fingerprint density at radius 2 is 1.89 bits per heavy atom. The van der Waals surface area contributed by atoms with E-state index in [1.54, 1.807) is 10.4 Å². The van der Waals surface area contributed by atoms with Gasteiger partial charge in [0.2, 0.25) is 10.0 Å². The predicted octanol–water partition coefficient (Wildman–Crippen LogP) is 1.66. The lowest BCUT2D eigenvalue weighted by atomic mass is 9.99. The minimum atomic E-state index is -3.35. The first-order chi connectivity index (χ1) is 8.96. The molecule has 0 aliphatic carbocycles. The van der Waals surface area contributed by atoms with Crippen molar-refractivity contribution in [1.82, 2.24) is 4.31 Å². The second-order valence-electron chi connectivity index (χ2n) is 5.28. The van der Waals surface area contributed by atoms with Gasteiger partial charge in [-0.2, -0.15) is 4.31 Å². The molecule has 2 N–H and O–H groups in total. The van der Waals surface area contributed by atoms with Crippen LogP contribution in [0.4, 0.5) is 0 Å². The molecule has 0 aromatic heterocycles. The zero-order valence-electron chi connectivity index (χ0n) is 11.6. The average Bonchev–Trinajstić information content (AvgIpc) is 2.41. The molecule has 19 heavy (non-hydrogen) atoms. The quantitative estimate of drug-likeness (QED) is 0.917. The van der Waals surface area contributed by atoms with Gasteiger partial charge in [0, 0.05) is 13.1 Å². The first-order valence-electron chi connectivity index (χ1n) is 6.73. The van der Waals surface area contributed by atoms with E-state index in [4.69, 9.17) is 5.73 Å². The Labute approximate surface area is 115 Å². The summed E-state index contributed by atoms with van der Waals surface area (Å²) in [6, 6.07) is 5.45. The van der Waals surface area contributed by atoms with E-state index in [9.17, 15) is 8.42 Å². The molecule has 5 heteroatoms. The number of nitrogens with zero attached hydrogens (tertiary/aromatic N) is 1. The number of rotatable bonds is 3. The molecule has 1 aliphatic rings. The summed E-state index contributed by atoms with van der Waals surface area (Å²) in [6.45, 7) is 5.62. The average molecular weight is 282 g/mol. The van der Waals surface area contributed by atoms with Crippen LogP contribution < -0.4 is 5.73 Å². The van der Waals surface area contributed by atoms with E-state index in [0.717, 1.165) is 24.0 Å². The maximum atomic E-state index is 12.6. The van der Waals surface area contributed by atoms with Crippen LogP contribution in [0.15, 0.2) is 23.1 Å². The Morgan fingerprint density at radius 3 is 2.47 bits per heavy atom. The van der Waals surface area contributed by atoms with E-state index < -0.39 is 10.0 Å². The molecule has 1 heterocycles. The van der Waals surface area contributed by atoms with Gasteiger partial charge in [-0.25, -0.2) is 8.42 Å². The van der Waals surface area contributed by atoms with Gasteiger partial charge in [0.1, 0.15) is 0 Å². The van der Waals surface area contributed by atoms with Gasteiger partial charge in [-0.1, -0.05) is 12.1 Å². The smallest absolute Gasteiger partial charge is 0.243 e. The van der Waals surface area contributed by atoms with Gasteiger partial charge in [-0.3, -0.25) is 0 Å². The molecule has 0 radical (unpaired) electrons. The van der Waals surface area contributed by atoms with Gasteiger partial charge in [0.05, 0.1) is 4.90 Å². The van der Waals surface area contributed by atoms with Crippen molar-refractivity contribution in [2.45, 2.75) is 31.6 Å². The molecule has 1 aromatic carbocycles. The fourth-order valence-corrected chi connectivity index (χ4v) is 4.30. The first-order valence-corrected chi connectivity index (χ1v) is 8.17. The number of piperidine rings is 1. The maximum absolute atomic E-state index is 12.6. The van der Waals surface area contributed by atoms with E-state index in [-0.39, 0.29) is 0 Å². The van der Waals surface area contributed by atoms with Gasteiger partial charge < -0.3 is 5.73 Å². The Bertz CT molecular complexity index is 547. The molecular weight excluding hydrogens is 260 g/mol. The monoisotopic (exact) mass is 282 g/mol. The number of sulfonamides is 1. The summed E-state index contributed by atoms with van der Waals surface area (Å²) in [5.41, 5.74) is 7.51. The van der Waals surface area contributed by atoms with Crippen molar-refractivity contribution in [3.8, 4) is 0 Å².